The van der Waals surface area contributed by atoms with E-state index in [1.807, 2.05) is 49.3 Å². The second kappa shape index (κ2) is 13.5. The van der Waals surface area contributed by atoms with E-state index in [0.29, 0.717) is 29.7 Å². The molecule has 0 bridgehead atoms. The van der Waals surface area contributed by atoms with Crippen molar-refractivity contribution >= 4 is 29.1 Å². The first-order valence-electron chi connectivity index (χ1n) is 17.6. The highest BCUT2D eigenvalue weighted by molar-refractivity contribution is 6.06. The Morgan fingerprint density at radius 1 is 0.958 bits per heavy atom. The van der Waals surface area contributed by atoms with Crippen LogP contribution in [0.15, 0.2) is 42.6 Å². The van der Waals surface area contributed by atoms with Crippen LogP contribution in [0.3, 0.4) is 0 Å². The first-order valence-corrected chi connectivity index (χ1v) is 17.6. The number of aryl methyl sites for hydroxylation is 5. The molecule has 250 valence electrons. The second-order valence-corrected chi connectivity index (χ2v) is 13.4. The maximum Gasteiger partial charge on any atom is 0.276 e. The van der Waals surface area contributed by atoms with Gasteiger partial charge in [0.25, 0.3) is 11.8 Å². The molecule has 7 rings (SSSR count). The van der Waals surface area contributed by atoms with E-state index in [2.05, 4.69) is 46.5 Å². The Kier molecular flexibility index (Phi) is 9.00. The molecule has 2 saturated heterocycles. The van der Waals surface area contributed by atoms with Crippen LogP contribution in [-0.2, 0) is 32.7 Å². The van der Waals surface area contributed by atoms with Gasteiger partial charge in [0, 0.05) is 54.9 Å². The highest BCUT2D eigenvalue weighted by Crippen LogP contribution is 2.35. The summed E-state index contributed by atoms with van der Waals surface area (Å²) >= 11 is 0. The largest absolute Gasteiger partial charge is 0.339 e. The number of anilines is 3. The van der Waals surface area contributed by atoms with Gasteiger partial charge in [-0.3, -0.25) is 14.3 Å². The van der Waals surface area contributed by atoms with Gasteiger partial charge in [0.2, 0.25) is 5.95 Å². The van der Waals surface area contributed by atoms with Crippen molar-refractivity contribution in [3.05, 3.63) is 81.7 Å². The van der Waals surface area contributed by atoms with Gasteiger partial charge >= 0.3 is 0 Å². The van der Waals surface area contributed by atoms with E-state index in [1.54, 1.807) is 4.68 Å². The van der Waals surface area contributed by atoms with Crippen LogP contribution in [0.5, 0.6) is 0 Å². The number of amides is 2. The third kappa shape index (κ3) is 6.09. The summed E-state index contributed by atoms with van der Waals surface area (Å²) < 4.78 is 1.77. The third-order valence-electron chi connectivity index (χ3n) is 10.5. The van der Waals surface area contributed by atoms with Gasteiger partial charge in [-0.1, -0.05) is 32.0 Å². The first kappa shape index (κ1) is 32.0. The molecule has 2 aromatic carbocycles. The minimum Gasteiger partial charge on any atom is -0.339 e. The van der Waals surface area contributed by atoms with Crippen LogP contribution in [0.4, 0.5) is 17.3 Å². The van der Waals surface area contributed by atoms with E-state index < -0.39 is 0 Å². The van der Waals surface area contributed by atoms with Gasteiger partial charge in [0.15, 0.2) is 5.69 Å². The monoisotopic (exact) mass is 646 g/mol. The molecule has 2 amide bonds. The maximum absolute atomic E-state index is 13.7. The number of nitrogens with zero attached hydrogens (tertiary/aromatic N) is 6. The molecule has 48 heavy (non-hydrogen) atoms. The SMILES string of the molecule is CCc1cccc(CC)c1NC(=O)c1nn(C)c2c1CCc1cnc(Nc3ccc(C(=O)N4CCC(N5CCCC5)CC4)cc3C)nc1-2. The molecule has 2 fully saturated rings. The van der Waals surface area contributed by atoms with Gasteiger partial charge in [-0.05, 0) is 112 Å². The summed E-state index contributed by atoms with van der Waals surface area (Å²) in [6.07, 6.45) is 9.66. The summed E-state index contributed by atoms with van der Waals surface area (Å²) in [7, 11) is 1.87. The molecular formula is C38H46N8O2. The van der Waals surface area contributed by atoms with Crippen LogP contribution >= 0.6 is 0 Å². The standard InChI is InChI=1S/C38H46N8O2/c1-5-25-10-9-11-26(6-2)32(25)41-36(47)34-30-14-12-28-23-39-38(42-33(28)35(30)44(4)43-34)40-31-15-13-27(22-24(31)3)37(48)46-20-16-29(17-21-46)45-18-7-8-19-45/h9-11,13,15,22-23,29H,5-8,12,14,16-21H2,1-4H3,(H,41,47)(H,39,40,42). The molecule has 2 N–H and O–H groups in total. The molecule has 1 aliphatic carbocycles. The van der Waals surface area contributed by atoms with E-state index in [0.717, 1.165) is 95.8 Å². The number of rotatable bonds is 8. The number of nitrogens with one attached hydrogen (secondary N) is 2. The van der Waals surface area contributed by atoms with Crippen LogP contribution in [0.2, 0.25) is 0 Å². The Labute approximate surface area is 283 Å². The van der Waals surface area contributed by atoms with E-state index >= 15 is 0 Å². The molecule has 4 aromatic rings. The Morgan fingerprint density at radius 3 is 2.38 bits per heavy atom. The van der Waals surface area contributed by atoms with Crippen molar-refractivity contribution in [3.63, 3.8) is 0 Å². The highest BCUT2D eigenvalue weighted by Gasteiger charge is 2.31. The number of aromatic nitrogens is 4. The Bertz CT molecular complexity index is 1830. The van der Waals surface area contributed by atoms with Gasteiger partial charge in [0.05, 0.1) is 11.4 Å². The maximum atomic E-state index is 13.7. The van der Waals surface area contributed by atoms with Gasteiger partial charge in [0.1, 0.15) is 0 Å². The molecule has 0 atom stereocenters. The Balaban J connectivity index is 1.07. The van der Waals surface area contributed by atoms with Crippen LogP contribution in [0, 0.1) is 6.92 Å². The number of para-hydroxylation sites is 1. The number of hydrogen-bond donors (Lipinski definition) is 2. The summed E-state index contributed by atoms with van der Waals surface area (Å²) in [4.78, 5) is 41.3. The van der Waals surface area contributed by atoms with E-state index in [1.165, 1.54) is 25.9 Å². The second-order valence-electron chi connectivity index (χ2n) is 13.4. The fourth-order valence-electron chi connectivity index (χ4n) is 7.75. The lowest BCUT2D eigenvalue weighted by Gasteiger charge is -2.36. The average molecular weight is 647 g/mol. The molecule has 0 spiro atoms. The predicted molar refractivity (Wildman–Crippen MR) is 189 cm³/mol. The quantitative estimate of drug-likeness (QED) is 0.238. The minimum absolute atomic E-state index is 0.0993. The van der Waals surface area contributed by atoms with Crippen molar-refractivity contribution in [2.45, 2.75) is 78.2 Å². The van der Waals surface area contributed by atoms with Crippen molar-refractivity contribution in [1.29, 1.82) is 0 Å². The zero-order chi connectivity index (χ0) is 33.4. The molecule has 2 aliphatic heterocycles. The van der Waals surface area contributed by atoms with Crippen molar-refractivity contribution in [2.24, 2.45) is 7.05 Å². The summed E-state index contributed by atoms with van der Waals surface area (Å²) in [5.41, 5.74) is 9.64. The first-order chi connectivity index (χ1) is 23.3. The van der Waals surface area contributed by atoms with Crippen LogP contribution in [-0.4, -0.2) is 73.6 Å². The fourth-order valence-corrected chi connectivity index (χ4v) is 7.75. The van der Waals surface area contributed by atoms with Crippen LogP contribution < -0.4 is 10.6 Å². The zero-order valence-corrected chi connectivity index (χ0v) is 28.6. The molecular weight excluding hydrogens is 600 g/mol. The van der Waals surface area contributed by atoms with Crippen LogP contribution in [0.25, 0.3) is 11.4 Å². The van der Waals surface area contributed by atoms with Gasteiger partial charge < -0.3 is 20.4 Å². The lowest BCUT2D eigenvalue weighted by Crippen LogP contribution is -2.45. The molecule has 0 radical (unpaired) electrons. The topological polar surface area (TPSA) is 108 Å². The number of fused-ring (bicyclic) bond motifs is 3. The van der Waals surface area contributed by atoms with Crippen molar-refractivity contribution in [3.8, 4) is 11.4 Å². The number of piperidine rings is 1. The van der Waals surface area contributed by atoms with Gasteiger partial charge in [-0.15, -0.1) is 0 Å². The minimum atomic E-state index is -0.195. The van der Waals surface area contributed by atoms with Crippen LogP contribution in [0.1, 0.15) is 88.2 Å². The molecule has 0 unspecified atom stereocenters. The van der Waals surface area contributed by atoms with Gasteiger partial charge in [-0.25, -0.2) is 9.97 Å². The molecule has 10 nitrogen and oxygen atoms in total. The van der Waals surface area contributed by atoms with Crippen molar-refractivity contribution < 1.29 is 9.59 Å². The Morgan fingerprint density at radius 2 is 1.69 bits per heavy atom. The lowest BCUT2D eigenvalue weighted by atomic mass is 9.93. The molecule has 10 heteroatoms. The average Bonchev–Trinajstić information content (AvgIpc) is 3.77. The highest BCUT2D eigenvalue weighted by atomic mass is 16.2. The fraction of sp³-hybridized carbons (Fsp3) is 0.447. The summed E-state index contributed by atoms with van der Waals surface area (Å²) in [6.45, 7) is 10.2. The number of likely N-dealkylation sites (tertiary alicyclic amines) is 2. The number of carbonyl (C=O) groups excluding carboxylic acids is 2. The number of hydrogen-bond acceptors (Lipinski definition) is 7. The number of benzene rings is 2. The summed E-state index contributed by atoms with van der Waals surface area (Å²) in [6, 6.07) is 12.6. The Hall–Kier alpha value is -4.57. The normalized spacial score (nSPS) is 16.5. The molecule has 3 aliphatic rings. The lowest BCUT2D eigenvalue weighted by molar-refractivity contribution is 0.0644. The van der Waals surface area contributed by atoms with E-state index in [4.69, 9.17) is 10.1 Å². The molecule has 2 aromatic heterocycles. The van der Waals surface area contributed by atoms with E-state index in [9.17, 15) is 9.59 Å². The van der Waals surface area contributed by atoms with E-state index in [-0.39, 0.29) is 11.8 Å². The smallest absolute Gasteiger partial charge is 0.276 e. The third-order valence-corrected chi connectivity index (χ3v) is 10.5. The molecule has 4 heterocycles. The van der Waals surface area contributed by atoms with Crippen molar-refractivity contribution in [1.82, 2.24) is 29.5 Å². The zero-order valence-electron chi connectivity index (χ0n) is 28.6. The summed E-state index contributed by atoms with van der Waals surface area (Å²) in [5, 5.41) is 11.3. The predicted octanol–water partition coefficient (Wildman–Crippen LogP) is 6.11. The number of carbonyl (C=O) groups is 2. The molecule has 0 saturated carbocycles. The van der Waals surface area contributed by atoms with Crippen molar-refractivity contribution in [2.75, 3.05) is 36.8 Å². The van der Waals surface area contributed by atoms with Gasteiger partial charge in [-0.2, -0.15) is 5.10 Å². The summed E-state index contributed by atoms with van der Waals surface area (Å²) in [5.74, 6) is 0.367.